The van der Waals surface area contributed by atoms with E-state index in [9.17, 15) is 48.6 Å². The lowest BCUT2D eigenvalue weighted by Gasteiger charge is -2.37. The fourth-order valence-corrected chi connectivity index (χ4v) is 21.6. The molecular weight excluding hydrogens is 1900 g/mol. The highest BCUT2D eigenvalue weighted by Gasteiger charge is 2.57. The molecule has 34 heteroatoms. The molecule has 0 radical (unpaired) electrons. The minimum Gasteiger partial charge on any atom is -0.509 e. The maximum Gasteiger partial charge on any atom is 0.513 e. The molecule has 5 aliphatic carbocycles. The Labute approximate surface area is 838 Å². The predicted molar refractivity (Wildman–Crippen MR) is 529 cm³/mol. The zero-order chi connectivity index (χ0) is 101. The van der Waals surface area contributed by atoms with Gasteiger partial charge >= 0.3 is 30.2 Å². The van der Waals surface area contributed by atoms with E-state index >= 15 is 0 Å². The fraction of sp³-hybridized carbons (Fsp3) is 0.543. The van der Waals surface area contributed by atoms with Crippen LogP contribution in [-0.2, 0) is 113 Å². The summed E-state index contributed by atoms with van der Waals surface area (Å²) < 4.78 is 88.5. The first kappa shape index (κ1) is 109. The van der Waals surface area contributed by atoms with Crippen molar-refractivity contribution in [2.24, 2.45) is 5.92 Å². The highest BCUT2D eigenvalue weighted by atomic mass is 35.5. The average Bonchev–Trinajstić information content (AvgIpc) is 1.61. The number of nitrogens with one attached hydrogen (secondary N) is 3. The predicted octanol–water partition coefficient (Wildman–Crippen LogP) is 21.7. The third-order valence-corrected chi connectivity index (χ3v) is 28.9. The molecule has 5 fully saturated rings. The molecule has 5 spiro atoms. The maximum atomic E-state index is 13.2. The first-order valence-corrected chi connectivity index (χ1v) is 49.9. The number of aliphatic hydroxyl groups is 2. The minimum atomic E-state index is -1.04. The Bertz CT molecular complexity index is 5300. The Morgan fingerprint density at radius 2 is 0.640 bits per heavy atom. The fourth-order valence-electron chi connectivity index (χ4n) is 20.5. The molecule has 5 aliphatic heterocycles. The molecule has 758 valence electrons. The summed E-state index contributed by atoms with van der Waals surface area (Å²) in [6.07, 6.45) is 17.0. The van der Waals surface area contributed by atoms with Crippen LogP contribution in [0.15, 0.2) is 89.5 Å². The summed E-state index contributed by atoms with van der Waals surface area (Å²) in [5, 5.41) is 33.9. The van der Waals surface area contributed by atoms with Crippen molar-refractivity contribution in [3.05, 3.63) is 170 Å². The number of halogens is 5. The highest BCUT2D eigenvalue weighted by Crippen LogP contribution is 2.55. The van der Waals surface area contributed by atoms with Gasteiger partial charge in [-0.25, -0.2) is 19.2 Å². The van der Waals surface area contributed by atoms with E-state index in [-0.39, 0.29) is 95.8 Å². The van der Waals surface area contributed by atoms with Crippen LogP contribution in [0.2, 0.25) is 25.1 Å². The number of methoxy groups -OCH3 is 8. The summed E-state index contributed by atoms with van der Waals surface area (Å²) in [4.78, 5) is 102. The van der Waals surface area contributed by atoms with Crippen LogP contribution in [0.3, 0.4) is 0 Å². The molecule has 0 unspecified atom stereocenters. The van der Waals surface area contributed by atoms with Gasteiger partial charge in [0.2, 0.25) is 0 Å². The Balaban J connectivity index is 0.000000167. The van der Waals surface area contributed by atoms with Crippen LogP contribution in [0.4, 0.5) is 9.59 Å². The van der Waals surface area contributed by atoms with Gasteiger partial charge in [0, 0.05) is 81.4 Å². The number of rotatable bonds is 26. The summed E-state index contributed by atoms with van der Waals surface area (Å²) in [6, 6.07) is 17.4. The zero-order valence-corrected chi connectivity index (χ0v) is 86.5. The molecular formula is C105H132Cl5N3O26. The third-order valence-electron chi connectivity index (χ3n) is 27.8. The number of carbonyl (C=O) groups is 8. The van der Waals surface area contributed by atoms with Crippen molar-refractivity contribution < 1.29 is 124 Å². The lowest BCUT2D eigenvalue weighted by Crippen LogP contribution is -2.49. The largest absolute Gasteiger partial charge is 0.513 e. The molecule has 5 N–H and O–H groups in total. The standard InChI is InChI=1S/C22H28ClNO6.C22H27ClO7.C22H27ClO5.C20H26ClNO4.C19H24ClNO4/c1-5-13-11-14(23)12-16(28-4)17(13)18-19(30-21(26)29-6-2)22(24-20(18)25)9-7-15(27-3)8-10-22;1-5-13-11-14(23)12-16(27-4)17(13)18-19(29-21(25)28-6-2)22(30-20(18)24)9-7-15(26-3)8-10-22;1-5-14-11-15(23)12-16(26-4)17(14)18-19(27-20(24)13(2)3)22(28-21(18)25)9-7-6-8-10-22;1-4-12-10-13(21)11-15(26-5-2)16(12)17-18(23)20(22-19(17)24)8-6-14(25-3)7-9-20;1-4-11-9-12(20)10-14(25-3)15(11)16-17(22)19(21-18(16)23)7-5-13(24-2)6-8-19/h11-12,15H,5-10H2,1-4H3,(H,24,25);11-12,15H,5-10H2,1-4H3;11-13H,5-10H2,1-4H3;10-11,14,23H,4-9H2,1-3H3,(H,22,24);9-10,13,22H,4-8H2,1-3H3,(H,21,23). The first-order chi connectivity index (χ1) is 66.5. The van der Waals surface area contributed by atoms with E-state index in [4.69, 9.17) is 134 Å². The van der Waals surface area contributed by atoms with Crippen molar-refractivity contribution >= 4 is 134 Å². The van der Waals surface area contributed by atoms with E-state index in [0.717, 1.165) is 85.6 Å². The molecule has 0 aromatic heterocycles. The van der Waals surface area contributed by atoms with Crippen LogP contribution in [0.1, 0.15) is 260 Å². The second-order valence-corrected chi connectivity index (χ2v) is 38.3. The second kappa shape index (κ2) is 48.2. The van der Waals surface area contributed by atoms with Crippen molar-refractivity contribution in [3.8, 4) is 28.7 Å². The van der Waals surface area contributed by atoms with E-state index in [1.165, 1.54) is 21.3 Å². The SMILES string of the molecule is CCOC(=O)OC1=C(c2c(CC)cc(Cl)cc2OC)C(=O)NC12CCC(OC)CC2.CCOC(=O)OC1=C(c2c(CC)cc(Cl)cc2OC)C(=O)OC12CCC(OC)CC2.CCOc1cc(Cl)cc(CC)c1C1=C(O)C2(CCC(OC)CC2)NC1=O.CCc1cc(Cl)cc(OC)c1C1=C(O)C2(CCC(OC)CC2)NC1=O.CCc1cc(Cl)cc(OC)c1C1=C(OC(=O)C(C)C)C2(CCCCC2)OC1=O. The Morgan fingerprint density at radius 3 is 0.957 bits per heavy atom. The van der Waals surface area contributed by atoms with Crippen molar-refractivity contribution in [2.45, 2.75) is 288 Å². The highest BCUT2D eigenvalue weighted by molar-refractivity contribution is 6.34. The van der Waals surface area contributed by atoms with Crippen molar-refractivity contribution in [1.82, 2.24) is 16.0 Å². The lowest BCUT2D eigenvalue weighted by molar-refractivity contribution is -0.156. The van der Waals surface area contributed by atoms with E-state index in [0.29, 0.717) is 225 Å². The second-order valence-electron chi connectivity index (χ2n) is 36.1. The van der Waals surface area contributed by atoms with Crippen LogP contribution >= 0.6 is 58.0 Å². The van der Waals surface area contributed by atoms with Gasteiger partial charge in [-0.3, -0.25) is 19.2 Å². The number of carbonyl (C=O) groups excluding carboxylic acids is 8. The van der Waals surface area contributed by atoms with Crippen molar-refractivity contribution in [2.75, 3.05) is 76.7 Å². The summed E-state index contributed by atoms with van der Waals surface area (Å²) in [7, 11) is 12.8. The van der Waals surface area contributed by atoms with Crippen molar-refractivity contribution in [3.63, 3.8) is 0 Å². The Morgan fingerprint density at radius 1 is 0.360 bits per heavy atom. The van der Waals surface area contributed by atoms with Gasteiger partial charge < -0.3 is 102 Å². The van der Waals surface area contributed by atoms with Gasteiger partial charge in [-0.15, -0.1) is 0 Å². The van der Waals surface area contributed by atoms with Crippen molar-refractivity contribution in [1.29, 1.82) is 0 Å². The van der Waals surface area contributed by atoms with Crippen LogP contribution in [0, 0.1) is 5.92 Å². The molecule has 0 atom stereocenters. The molecule has 139 heavy (non-hydrogen) atoms. The van der Waals surface area contributed by atoms with Gasteiger partial charge in [0.15, 0.2) is 28.5 Å². The smallest absolute Gasteiger partial charge is 0.509 e. The number of ether oxygens (including phenoxy) is 16. The molecule has 15 rings (SSSR count). The number of aryl methyl sites for hydroxylation is 5. The van der Waals surface area contributed by atoms with Crippen LogP contribution in [-0.4, -0.2) is 187 Å². The van der Waals surface area contributed by atoms with Gasteiger partial charge in [-0.2, -0.15) is 0 Å². The lowest BCUT2D eigenvalue weighted by atomic mass is 9.79. The molecule has 5 aromatic carbocycles. The normalized spacial score (nSPS) is 23.4. The van der Waals surface area contributed by atoms with E-state index in [2.05, 4.69) is 16.0 Å². The number of esters is 3. The van der Waals surface area contributed by atoms with Gasteiger partial charge in [-0.05, 0) is 270 Å². The summed E-state index contributed by atoms with van der Waals surface area (Å²) in [6.45, 7) is 19.5. The van der Waals surface area contributed by atoms with E-state index < -0.39 is 52.1 Å². The maximum absolute atomic E-state index is 13.2. The van der Waals surface area contributed by atoms with Crippen LogP contribution in [0.25, 0.3) is 27.9 Å². The minimum absolute atomic E-state index is 0.0680. The van der Waals surface area contributed by atoms with E-state index in [1.807, 2.05) is 59.7 Å². The van der Waals surface area contributed by atoms with Crippen LogP contribution in [0.5, 0.6) is 28.7 Å². The third kappa shape index (κ3) is 23.5. The average molecular weight is 2030 g/mol. The summed E-state index contributed by atoms with van der Waals surface area (Å²) >= 11 is 31.1. The molecule has 10 aliphatic rings. The van der Waals surface area contributed by atoms with Gasteiger partial charge in [0.1, 0.15) is 51.4 Å². The molecule has 5 saturated carbocycles. The molecule has 5 heterocycles. The number of aliphatic hydroxyl groups excluding tert-OH is 2. The molecule has 3 amide bonds. The van der Waals surface area contributed by atoms with Crippen LogP contribution < -0.4 is 39.6 Å². The summed E-state index contributed by atoms with van der Waals surface area (Å²) in [5.41, 5.74) is 4.55. The Kier molecular flexibility index (Phi) is 38.0. The molecule has 0 saturated heterocycles. The number of amides is 3. The monoisotopic (exact) mass is 2030 g/mol. The number of hydrogen-bond donors (Lipinski definition) is 5. The quantitative estimate of drug-likeness (QED) is 0.0253. The number of hydrogen-bond acceptors (Lipinski definition) is 26. The van der Waals surface area contributed by atoms with E-state index in [1.54, 1.807) is 106 Å². The zero-order valence-electron chi connectivity index (χ0n) is 82.7. The molecule has 0 bridgehead atoms. The molecule has 29 nitrogen and oxygen atoms in total. The van der Waals surface area contributed by atoms with Gasteiger partial charge in [0.05, 0.1) is 112 Å². The Hall–Kier alpha value is -9.95. The topological polar surface area (TPSA) is 361 Å². The van der Waals surface area contributed by atoms with Gasteiger partial charge in [-0.1, -0.05) is 113 Å². The number of benzene rings is 5. The first-order valence-electron chi connectivity index (χ1n) is 48.0. The summed E-state index contributed by atoms with van der Waals surface area (Å²) in [5.74, 6) is 0.891. The van der Waals surface area contributed by atoms with Gasteiger partial charge in [0.25, 0.3) is 17.7 Å². The molecule has 5 aromatic rings.